The van der Waals surface area contributed by atoms with Crippen LogP contribution in [0, 0.1) is 11.3 Å². The Balaban J connectivity index is 1.67. The molecular formula is C16H24N2O4. The van der Waals surface area contributed by atoms with Crippen molar-refractivity contribution in [2.45, 2.75) is 13.0 Å². The lowest BCUT2D eigenvalue weighted by molar-refractivity contribution is -0.134. The van der Waals surface area contributed by atoms with Crippen LogP contribution in [0.2, 0.25) is 0 Å². The zero-order chi connectivity index (χ0) is 15.6. The van der Waals surface area contributed by atoms with Crippen molar-refractivity contribution in [2.24, 2.45) is 11.3 Å². The number of furan rings is 1. The lowest BCUT2D eigenvalue weighted by Crippen LogP contribution is -2.50. The highest BCUT2D eigenvalue weighted by atomic mass is 16.5. The highest BCUT2D eigenvalue weighted by molar-refractivity contribution is 5.77. The molecule has 2 aliphatic heterocycles. The third kappa shape index (κ3) is 2.91. The first-order valence-electron chi connectivity index (χ1n) is 7.78. The minimum atomic E-state index is -0.203. The first kappa shape index (κ1) is 15.5. The zero-order valence-corrected chi connectivity index (χ0v) is 13.0. The number of fused-ring (bicyclic) bond motifs is 1. The Morgan fingerprint density at radius 2 is 2.41 bits per heavy atom. The topological polar surface area (TPSA) is 66.2 Å². The van der Waals surface area contributed by atoms with E-state index in [0.717, 1.165) is 38.2 Å². The van der Waals surface area contributed by atoms with E-state index in [1.165, 1.54) is 7.11 Å². The summed E-state index contributed by atoms with van der Waals surface area (Å²) >= 11 is 0. The molecule has 122 valence electrons. The molecular weight excluding hydrogens is 284 g/mol. The van der Waals surface area contributed by atoms with Crippen LogP contribution >= 0.6 is 0 Å². The molecule has 6 heteroatoms. The van der Waals surface area contributed by atoms with E-state index in [1.807, 2.05) is 11.0 Å². The van der Waals surface area contributed by atoms with Gasteiger partial charge in [0, 0.05) is 44.3 Å². The largest absolute Gasteiger partial charge is 0.472 e. The number of carbonyl (C=O) groups is 1. The van der Waals surface area contributed by atoms with Crippen LogP contribution in [0.5, 0.6) is 0 Å². The summed E-state index contributed by atoms with van der Waals surface area (Å²) in [5.74, 6) is 0.394. The maximum Gasteiger partial charge on any atom is 0.248 e. The molecule has 2 saturated heterocycles. The zero-order valence-electron chi connectivity index (χ0n) is 13.0. The highest BCUT2D eigenvalue weighted by Crippen LogP contribution is 2.42. The van der Waals surface area contributed by atoms with Crippen molar-refractivity contribution in [3.8, 4) is 0 Å². The minimum Gasteiger partial charge on any atom is -0.472 e. The fraction of sp³-hybridized carbons (Fsp3) is 0.688. The summed E-state index contributed by atoms with van der Waals surface area (Å²) in [5.41, 5.74) is 0.947. The number of nitrogens with zero attached hydrogens (tertiary/aromatic N) is 2. The molecule has 1 aromatic heterocycles. The van der Waals surface area contributed by atoms with Gasteiger partial charge in [-0.1, -0.05) is 0 Å². The molecule has 0 bridgehead atoms. The van der Waals surface area contributed by atoms with Gasteiger partial charge in [-0.05, 0) is 24.9 Å². The van der Waals surface area contributed by atoms with E-state index in [0.29, 0.717) is 12.5 Å². The quantitative estimate of drug-likeness (QED) is 0.861. The second kappa shape index (κ2) is 6.40. The molecule has 3 rings (SSSR count). The van der Waals surface area contributed by atoms with Crippen molar-refractivity contribution < 1.29 is 19.1 Å². The summed E-state index contributed by atoms with van der Waals surface area (Å²) in [6.45, 7) is 4.24. The van der Waals surface area contributed by atoms with Crippen molar-refractivity contribution in [1.29, 1.82) is 0 Å². The third-order valence-electron chi connectivity index (χ3n) is 5.07. The summed E-state index contributed by atoms with van der Waals surface area (Å²) < 4.78 is 10.1. The fourth-order valence-electron chi connectivity index (χ4n) is 3.88. The molecule has 0 aliphatic carbocycles. The first-order valence-corrected chi connectivity index (χ1v) is 7.78. The minimum absolute atomic E-state index is 0.0195. The smallest absolute Gasteiger partial charge is 0.248 e. The first-order chi connectivity index (χ1) is 10.7. The number of rotatable bonds is 5. The summed E-state index contributed by atoms with van der Waals surface area (Å²) in [6.07, 6.45) is 4.46. The van der Waals surface area contributed by atoms with Crippen LogP contribution in [0.25, 0.3) is 0 Å². The number of likely N-dealkylation sites (tertiary alicyclic amines) is 2. The third-order valence-corrected chi connectivity index (χ3v) is 5.07. The van der Waals surface area contributed by atoms with E-state index in [9.17, 15) is 9.90 Å². The molecule has 0 radical (unpaired) electrons. The fourth-order valence-corrected chi connectivity index (χ4v) is 3.88. The summed E-state index contributed by atoms with van der Waals surface area (Å²) in [6, 6.07) is 1.97. The lowest BCUT2D eigenvalue weighted by atomic mass is 9.74. The Hall–Kier alpha value is -1.37. The van der Waals surface area contributed by atoms with Crippen LogP contribution in [-0.2, 0) is 16.1 Å². The van der Waals surface area contributed by atoms with E-state index in [1.54, 1.807) is 12.5 Å². The van der Waals surface area contributed by atoms with Gasteiger partial charge in [0.2, 0.25) is 5.91 Å². The van der Waals surface area contributed by atoms with Gasteiger partial charge in [0.15, 0.2) is 0 Å². The number of hydrogen-bond donors (Lipinski definition) is 1. The molecule has 0 unspecified atom stereocenters. The van der Waals surface area contributed by atoms with Gasteiger partial charge in [0.1, 0.15) is 6.61 Å². The van der Waals surface area contributed by atoms with E-state index < -0.39 is 0 Å². The van der Waals surface area contributed by atoms with Gasteiger partial charge in [0.25, 0.3) is 0 Å². The van der Waals surface area contributed by atoms with Gasteiger partial charge in [-0.2, -0.15) is 0 Å². The molecule has 0 saturated carbocycles. The number of methoxy groups -OCH3 is 1. The van der Waals surface area contributed by atoms with Crippen molar-refractivity contribution in [2.75, 3.05) is 46.5 Å². The average Bonchev–Trinajstić information content (AvgIpc) is 3.14. The van der Waals surface area contributed by atoms with E-state index in [-0.39, 0.29) is 24.5 Å². The Labute approximate surface area is 130 Å². The van der Waals surface area contributed by atoms with Crippen LogP contribution in [0.4, 0.5) is 0 Å². The van der Waals surface area contributed by atoms with E-state index >= 15 is 0 Å². The van der Waals surface area contributed by atoms with Gasteiger partial charge in [-0.3, -0.25) is 9.69 Å². The number of ether oxygens (including phenoxy) is 1. The Morgan fingerprint density at radius 1 is 1.55 bits per heavy atom. The molecule has 22 heavy (non-hydrogen) atoms. The van der Waals surface area contributed by atoms with Gasteiger partial charge in [0.05, 0.1) is 19.1 Å². The number of carbonyl (C=O) groups excluding carboxylic acids is 1. The molecule has 1 amide bonds. The van der Waals surface area contributed by atoms with Crippen molar-refractivity contribution in [1.82, 2.24) is 9.80 Å². The summed E-state index contributed by atoms with van der Waals surface area (Å²) in [4.78, 5) is 16.3. The van der Waals surface area contributed by atoms with Crippen molar-refractivity contribution >= 4 is 5.91 Å². The highest BCUT2D eigenvalue weighted by Gasteiger charge is 2.50. The number of amides is 1. The molecule has 2 atom stereocenters. The molecule has 2 aliphatic rings. The van der Waals surface area contributed by atoms with Crippen molar-refractivity contribution in [3.05, 3.63) is 24.2 Å². The Bertz CT molecular complexity index is 504. The standard InChI is InChI=1S/C16H24N2O4/c1-21-9-15(20)18-7-14-2-4-17(6-13-3-5-22-8-13)10-16(14,11-18)12-19/h3,5,8,14,19H,2,4,6-7,9-12H2,1H3/t14-,16+/m0/s1. The second-order valence-corrected chi connectivity index (χ2v) is 6.56. The Kier molecular flexibility index (Phi) is 4.52. The van der Waals surface area contributed by atoms with Crippen molar-refractivity contribution in [3.63, 3.8) is 0 Å². The second-order valence-electron chi connectivity index (χ2n) is 6.56. The Morgan fingerprint density at radius 3 is 3.09 bits per heavy atom. The van der Waals surface area contributed by atoms with E-state index in [2.05, 4.69) is 4.90 Å². The molecule has 2 fully saturated rings. The maximum absolute atomic E-state index is 12.1. The van der Waals surface area contributed by atoms with Gasteiger partial charge >= 0.3 is 0 Å². The molecule has 1 N–H and O–H groups in total. The van der Waals surface area contributed by atoms with Crippen LogP contribution in [0.3, 0.4) is 0 Å². The molecule has 0 spiro atoms. The molecule has 0 aromatic carbocycles. The average molecular weight is 308 g/mol. The molecule has 6 nitrogen and oxygen atoms in total. The van der Waals surface area contributed by atoms with Crippen LogP contribution in [0.15, 0.2) is 23.0 Å². The number of piperidine rings is 1. The van der Waals surface area contributed by atoms with Gasteiger partial charge in [-0.25, -0.2) is 0 Å². The predicted octanol–water partition coefficient (Wildman–Crippen LogP) is 0.569. The summed E-state index contributed by atoms with van der Waals surface area (Å²) in [5, 5.41) is 10.0. The van der Waals surface area contributed by atoms with Crippen LogP contribution < -0.4 is 0 Å². The molecule has 1 aromatic rings. The van der Waals surface area contributed by atoms with Crippen LogP contribution in [0.1, 0.15) is 12.0 Å². The van der Waals surface area contributed by atoms with Gasteiger partial charge in [-0.15, -0.1) is 0 Å². The van der Waals surface area contributed by atoms with Gasteiger partial charge < -0.3 is 19.2 Å². The molecule has 3 heterocycles. The van der Waals surface area contributed by atoms with E-state index in [4.69, 9.17) is 9.15 Å². The number of aliphatic hydroxyl groups excluding tert-OH is 1. The lowest BCUT2D eigenvalue weighted by Gasteiger charge is -2.42. The van der Waals surface area contributed by atoms with Crippen LogP contribution in [-0.4, -0.2) is 67.3 Å². The predicted molar refractivity (Wildman–Crippen MR) is 80.1 cm³/mol. The SMILES string of the molecule is COCC(=O)N1C[C@@H]2CCN(Cc3ccoc3)C[C@]2(CO)C1. The number of hydrogen-bond acceptors (Lipinski definition) is 5. The maximum atomic E-state index is 12.1. The summed E-state index contributed by atoms with van der Waals surface area (Å²) in [7, 11) is 1.54. The normalized spacial score (nSPS) is 28.8. The monoisotopic (exact) mass is 308 g/mol. The number of aliphatic hydroxyl groups is 1.